The molecule has 0 saturated carbocycles. The van der Waals surface area contributed by atoms with Gasteiger partial charge in [0.1, 0.15) is 0 Å². The van der Waals surface area contributed by atoms with Crippen LogP contribution in [0.5, 0.6) is 0 Å². The molecule has 0 aromatic heterocycles. The highest BCUT2D eigenvalue weighted by Gasteiger charge is 2.13. The fourth-order valence-electron chi connectivity index (χ4n) is 1.46. The van der Waals surface area contributed by atoms with Crippen molar-refractivity contribution in [2.45, 2.75) is 11.3 Å². The average molecular weight is 314 g/mol. The van der Waals surface area contributed by atoms with Crippen molar-refractivity contribution in [3.8, 4) is 11.8 Å². The van der Waals surface area contributed by atoms with E-state index in [1.165, 1.54) is 12.1 Å². The monoisotopic (exact) mass is 314 g/mol. The summed E-state index contributed by atoms with van der Waals surface area (Å²) in [6.45, 7) is 0.490. The van der Waals surface area contributed by atoms with E-state index in [2.05, 4.69) is 16.6 Å². The van der Waals surface area contributed by atoms with Gasteiger partial charge in [0, 0.05) is 34.9 Å². The van der Waals surface area contributed by atoms with Crippen LogP contribution in [0.15, 0.2) is 29.2 Å². The lowest BCUT2D eigenvalue weighted by atomic mass is 10.2. The second-order valence-corrected chi connectivity index (χ2v) is 7.38. The molecule has 0 amide bonds. The normalized spacial score (nSPS) is 12.5. The van der Waals surface area contributed by atoms with Gasteiger partial charge >= 0.3 is 0 Å². The Morgan fingerprint density at radius 3 is 2.80 bits per heavy atom. The molecule has 0 aliphatic carbocycles. The third-order valence-corrected chi connectivity index (χ3v) is 4.70. The van der Waals surface area contributed by atoms with Crippen LogP contribution in [-0.4, -0.2) is 37.7 Å². The van der Waals surface area contributed by atoms with Crippen molar-refractivity contribution in [1.82, 2.24) is 4.72 Å². The molecule has 0 fully saturated rings. The van der Waals surface area contributed by atoms with E-state index >= 15 is 0 Å². The molecule has 0 aliphatic heterocycles. The molecule has 1 unspecified atom stereocenters. The van der Waals surface area contributed by atoms with E-state index in [9.17, 15) is 12.6 Å². The van der Waals surface area contributed by atoms with Crippen molar-refractivity contribution in [2.24, 2.45) is 5.73 Å². The predicted octanol–water partition coefficient (Wildman–Crippen LogP) is 0.0437. The van der Waals surface area contributed by atoms with E-state index in [0.717, 1.165) is 0 Å². The average Bonchev–Trinajstić information content (AvgIpc) is 2.41. The van der Waals surface area contributed by atoms with Gasteiger partial charge in [-0.25, -0.2) is 13.1 Å². The molecule has 1 aromatic carbocycles. The van der Waals surface area contributed by atoms with Crippen LogP contribution < -0.4 is 10.5 Å². The summed E-state index contributed by atoms with van der Waals surface area (Å²) in [6.07, 6.45) is 2.13. The van der Waals surface area contributed by atoms with Gasteiger partial charge in [0.15, 0.2) is 0 Å². The van der Waals surface area contributed by atoms with E-state index < -0.39 is 20.8 Å². The second-order valence-electron chi connectivity index (χ2n) is 4.06. The van der Waals surface area contributed by atoms with Gasteiger partial charge in [0.25, 0.3) is 0 Å². The maximum Gasteiger partial charge on any atom is 0.240 e. The zero-order valence-electron chi connectivity index (χ0n) is 11.3. The SMILES string of the molecule is CS(=O)CCCNS(=O)(=O)c1cccc(C#CCN)c1. The molecule has 0 radical (unpaired) electrons. The highest BCUT2D eigenvalue weighted by molar-refractivity contribution is 7.89. The third-order valence-electron chi connectivity index (χ3n) is 2.38. The van der Waals surface area contributed by atoms with E-state index in [-0.39, 0.29) is 18.0 Å². The molecule has 0 saturated heterocycles. The molecule has 20 heavy (non-hydrogen) atoms. The van der Waals surface area contributed by atoms with E-state index in [0.29, 0.717) is 17.7 Å². The number of nitrogens with one attached hydrogen (secondary N) is 1. The minimum absolute atomic E-state index is 0.166. The summed E-state index contributed by atoms with van der Waals surface area (Å²) >= 11 is 0. The molecule has 0 heterocycles. The molecular weight excluding hydrogens is 296 g/mol. The first-order valence-electron chi connectivity index (χ1n) is 6.04. The molecule has 1 aromatic rings. The van der Waals surface area contributed by atoms with Crippen LogP contribution in [0.3, 0.4) is 0 Å². The van der Waals surface area contributed by atoms with Crippen LogP contribution in [0.25, 0.3) is 0 Å². The number of nitrogens with two attached hydrogens (primary N) is 1. The smallest absolute Gasteiger partial charge is 0.240 e. The lowest BCUT2D eigenvalue weighted by molar-refractivity contribution is 0.580. The molecule has 0 spiro atoms. The summed E-state index contributed by atoms with van der Waals surface area (Å²) in [5.74, 6) is 5.95. The van der Waals surface area contributed by atoms with Gasteiger partial charge in [-0.2, -0.15) is 0 Å². The summed E-state index contributed by atoms with van der Waals surface area (Å²) in [5.41, 5.74) is 5.88. The van der Waals surface area contributed by atoms with Crippen LogP contribution in [0.1, 0.15) is 12.0 Å². The molecule has 5 nitrogen and oxygen atoms in total. The number of sulfonamides is 1. The lowest BCUT2D eigenvalue weighted by Gasteiger charge is -2.06. The minimum atomic E-state index is -3.55. The van der Waals surface area contributed by atoms with Crippen LogP contribution in [-0.2, 0) is 20.8 Å². The summed E-state index contributed by atoms with van der Waals surface area (Å²) in [4.78, 5) is 0.166. The Bertz CT molecular complexity index is 631. The Kier molecular flexibility index (Phi) is 6.88. The Labute approximate surface area is 122 Å². The highest BCUT2D eigenvalue weighted by atomic mass is 32.2. The first-order valence-corrected chi connectivity index (χ1v) is 9.25. The molecule has 110 valence electrons. The zero-order valence-corrected chi connectivity index (χ0v) is 12.9. The lowest BCUT2D eigenvalue weighted by Crippen LogP contribution is -2.25. The fourth-order valence-corrected chi connectivity index (χ4v) is 3.13. The highest BCUT2D eigenvalue weighted by Crippen LogP contribution is 2.10. The molecule has 3 N–H and O–H groups in total. The molecular formula is C13H18N2O3S2. The van der Waals surface area contributed by atoms with Crippen molar-refractivity contribution < 1.29 is 12.6 Å². The molecule has 1 rings (SSSR count). The third kappa shape index (κ3) is 5.84. The predicted molar refractivity (Wildman–Crippen MR) is 81.1 cm³/mol. The molecule has 0 aliphatic rings. The minimum Gasteiger partial charge on any atom is -0.320 e. The van der Waals surface area contributed by atoms with E-state index in [1.807, 2.05) is 0 Å². The van der Waals surface area contributed by atoms with Gasteiger partial charge in [0.2, 0.25) is 10.0 Å². The van der Waals surface area contributed by atoms with Gasteiger partial charge in [-0.05, 0) is 24.6 Å². The summed E-state index contributed by atoms with van der Waals surface area (Å²) in [6, 6.07) is 6.37. The first-order chi connectivity index (χ1) is 9.45. The second kappa shape index (κ2) is 8.17. The summed E-state index contributed by atoms with van der Waals surface area (Å²) in [7, 11) is -4.46. The Morgan fingerprint density at radius 1 is 1.40 bits per heavy atom. The summed E-state index contributed by atoms with van der Waals surface area (Å²) in [5, 5.41) is 0. The van der Waals surface area contributed by atoms with Gasteiger partial charge in [-0.15, -0.1) is 0 Å². The summed E-state index contributed by atoms with van der Waals surface area (Å²) < 4.78 is 37.5. The first kappa shape index (κ1) is 16.9. The molecule has 0 bridgehead atoms. The van der Waals surface area contributed by atoms with E-state index in [4.69, 9.17) is 5.73 Å². The number of benzene rings is 1. The Balaban J connectivity index is 2.74. The largest absolute Gasteiger partial charge is 0.320 e. The van der Waals surface area contributed by atoms with Crippen molar-refractivity contribution in [3.05, 3.63) is 29.8 Å². The number of hydrogen-bond acceptors (Lipinski definition) is 4. The van der Waals surface area contributed by atoms with Crippen molar-refractivity contribution in [1.29, 1.82) is 0 Å². The quantitative estimate of drug-likeness (QED) is 0.573. The zero-order chi connectivity index (χ0) is 15.0. The standard InChI is InChI=1S/C13H18N2O3S2/c1-19(16)10-4-9-15-20(17,18)13-7-2-5-12(11-13)6-3-8-14/h2,5,7,11,15H,4,8-10,14H2,1H3. The van der Waals surface area contributed by atoms with Crippen LogP contribution in [0.2, 0.25) is 0 Å². The van der Waals surface area contributed by atoms with Crippen molar-refractivity contribution >= 4 is 20.8 Å². The van der Waals surface area contributed by atoms with Crippen LogP contribution in [0, 0.1) is 11.8 Å². The van der Waals surface area contributed by atoms with Crippen molar-refractivity contribution in [2.75, 3.05) is 25.1 Å². The topological polar surface area (TPSA) is 89.3 Å². The number of rotatable bonds is 6. The van der Waals surface area contributed by atoms with Gasteiger partial charge in [-0.3, -0.25) is 4.21 Å². The Morgan fingerprint density at radius 2 is 2.15 bits per heavy atom. The van der Waals surface area contributed by atoms with Gasteiger partial charge < -0.3 is 5.73 Å². The fraction of sp³-hybridized carbons (Fsp3) is 0.385. The maximum absolute atomic E-state index is 12.0. The van der Waals surface area contributed by atoms with E-state index in [1.54, 1.807) is 18.4 Å². The van der Waals surface area contributed by atoms with Crippen LogP contribution in [0.4, 0.5) is 0 Å². The van der Waals surface area contributed by atoms with Crippen LogP contribution >= 0.6 is 0 Å². The van der Waals surface area contributed by atoms with Gasteiger partial charge in [-0.1, -0.05) is 17.9 Å². The van der Waals surface area contributed by atoms with Crippen molar-refractivity contribution in [3.63, 3.8) is 0 Å². The Hall–Kier alpha value is -1.20. The molecule has 7 heteroatoms. The van der Waals surface area contributed by atoms with Gasteiger partial charge in [0.05, 0.1) is 11.4 Å². The molecule has 1 atom stereocenters. The maximum atomic E-state index is 12.0. The number of hydrogen-bond donors (Lipinski definition) is 2.